The van der Waals surface area contributed by atoms with Crippen LogP contribution in [-0.2, 0) is 15.1 Å². The molecule has 0 heterocycles. The molecule has 0 amide bonds. The van der Waals surface area contributed by atoms with Crippen LogP contribution in [0.2, 0.25) is 0 Å². The van der Waals surface area contributed by atoms with Gasteiger partial charge in [-0.3, -0.25) is 4.79 Å². The van der Waals surface area contributed by atoms with Crippen LogP contribution in [0.4, 0.5) is 0 Å². The summed E-state index contributed by atoms with van der Waals surface area (Å²) in [4.78, 5) is 12.2. The Morgan fingerprint density at radius 1 is 0.933 bits per heavy atom. The third kappa shape index (κ3) is 5.63. The lowest BCUT2D eigenvalue weighted by molar-refractivity contribution is -0.151. The van der Waals surface area contributed by atoms with E-state index in [1.165, 1.54) is 0 Å². The molecular weight excluding hydrogens is 376 g/mol. The van der Waals surface area contributed by atoms with Crippen molar-refractivity contribution in [2.24, 2.45) is 5.92 Å². The van der Waals surface area contributed by atoms with Crippen molar-refractivity contribution in [1.82, 2.24) is 0 Å². The van der Waals surface area contributed by atoms with E-state index in [9.17, 15) is 9.90 Å². The van der Waals surface area contributed by atoms with Crippen LogP contribution in [0.3, 0.4) is 0 Å². The van der Waals surface area contributed by atoms with Crippen LogP contribution in [0.15, 0.2) is 48.5 Å². The second-order valence-electron chi connectivity index (χ2n) is 8.28. The summed E-state index contributed by atoms with van der Waals surface area (Å²) in [6, 6.07) is 16.2. The highest BCUT2D eigenvalue weighted by Gasteiger charge is 2.37. The lowest BCUT2D eigenvalue weighted by Crippen LogP contribution is -2.34. The molecule has 162 valence electrons. The maximum absolute atomic E-state index is 12.2. The van der Waals surface area contributed by atoms with Crippen LogP contribution >= 0.6 is 0 Å². The van der Waals surface area contributed by atoms with E-state index >= 15 is 0 Å². The maximum Gasteiger partial charge on any atom is 0.308 e. The summed E-state index contributed by atoms with van der Waals surface area (Å²) >= 11 is 0. The maximum atomic E-state index is 12.2. The SMILES string of the molecule is CCCCOC(=O)C1CCC(O)(c2ccc(-c3ccc(OCCC)cc3)cc2)CC1. The van der Waals surface area contributed by atoms with Crippen molar-refractivity contribution in [1.29, 1.82) is 0 Å². The molecule has 0 bridgehead atoms. The number of aliphatic hydroxyl groups is 1. The Bertz CT molecular complexity index is 787. The normalized spacial score (nSPS) is 21.2. The van der Waals surface area contributed by atoms with Gasteiger partial charge in [0.25, 0.3) is 0 Å². The highest BCUT2D eigenvalue weighted by Crippen LogP contribution is 2.40. The first-order valence-electron chi connectivity index (χ1n) is 11.3. The van der Waals surface area contributed by atoms with Gasteiger partial charge in [-0.15, -0.1) is 0 Å². The van der Waals surface area contributed by atoms with Gasteiger partial charge in [-0.1, -0.05) is 56.7 Å². The zero-order chi connectivity index (χ0) is 21.4. The highest BCUT2D eigenvalue weighted by molar-refractivity contribution is 5.72. The number of rotatable bonds is 9. The fraction of sp³-hybridized carbons (Fsp3) is 0.500. The van der Waals surface area contributed by atoms with E-state index < -0.39 is 5.60 Å². The molecule has 1 saturated carbocycles. The Hall–Kier alpha value is -2.33. The zero-order valence-corrected chi connectivity index (χ0v) is 18.2. The van der Waals surface area contributed by atoms with Gasteiger partial charge in [-0.05, 0) is 67.3 Å². The molecule has 3 rings (SSSR count). The van der Waals surface area contributed by atoms with Crippen LogP contribution in [0.25, 0.3) is 11.1 Å². The summed E-state index contributed by atoms with van der Waals surface area (Å²) in [6.45, 7) is 5.40. The summed E-state index contributed by atoms with van der Waals surface area (Å²) in [6.07, 6.45) is 5.43. The minimum atomic E-state index is -0.865. The summed E-state index contributed by atoms with van der Waals surface area (Å²) < 4.78 is 11.0. The van der Waals surface area contributed by atoms with Gasteiger partial charge >= 0.3 is 5.97 Å². The topological polar surface area (TPSA) is 55.8 Å². The Morgan fingerprint density at radius 3 is 2.10 bits per heavy atom. The number of ether oxygens (including phenoxy) is 2. The van der Waals surface area contributed by atoms with Gasteiger partial charge in [0.05, 0.1) is 24.7 Å². The number of hydrogen-bond acceptors (Lipinski definition) is 4. The summed E-state index contributed by atoms with van der Waals surface area (Å²) in [5, 5.41) is 11.2. The molecule has 0 unspecified atom stereocenters. The lowest BCUT2D eigenvalue weighted by Gasteiger charge is -2.35. The second kappa shape index (κ2) is 10.6. The number of hydrogen-bond donors (Lipinski definition) is 1. The molecule has 1 aliphatic rings. The number of carbonyl (C=O) groups excluding carboxylic acids is 1. The Labute approximate surface area is 180 Å². The standard InChI is InChI=1S/C26H34O4/c1-3-5-19-30-25(27)22-14-16-26(28,17-15-22)23-10-6-20(7-11-23)21-8-12-24(13-9-21)29-18-4-2/h6-13,22,28H,3-5,14-19H2,1-2H3. The van der Waals surface area contributed by atoms with Crippen LogP contribution in [0.1, 0.15) is 64.4 Å². The number of carbonyl (C=O) groups is 1. The smallest absolute Gasteiger partial charge is 0.308 e. The summed E-state index contributed by atoms with van der Waals surface area (Å²) in [7, 11) is 0. The van der Waals surface area contributed by atoms with Gasteiger partial charge < -0.3 is 14.6 Å². The quantitative estimate of drug-likeness (QED) is 0.415. The molecule has 1 aliphatic carbocycles. The number of benzene rings is 2. The fourth-order valence-corrected chi connectivity index (χ4v) is 3.99. The van der Waals surface area contributed by atoms with Crippen molar-refractivity contribution in [3.05, 3.63) is 54.1 Å². The van der Waals surface area contributed by atoms with Gasteiger partial charge in [-0.2, -0.15) is 0 Å². The summed E-state index contributed by atoms with van der Waals surface area (Å²) in [5.41, 5.74) is 2.29. The molecule has 1 N–H and O–H groups in total. The predicted octanol–water partition coefficient (Wildman–Crippen LogP) is 5.86. The fourth-order valence-electron chi connectivity index (χ4n) is 3.99. The Balaban J connectivity index is 1.59. The number of unbranched alkanes of at least 4 members (excludes halogenated alkanes) is 1. The molecule has 0 atom stereocenters. The number of esters is 1. The van der Waals surface area contributed by atoms with E-state index in [2.05, 4.69) is 38.1 Å². The molecule has 4 heteroatoms. The van der Waals surface area contributed by atoms with E-state index in [-0.39, 0.29) is 11.9 Å². The zero-order valence-electron chi connectivity index (χ0n) is 18.2. The largest absolute Gasteiger partial charge is 0.494 e. The van der Waals surface area contributed by atoms with E-state index in [0.29, 0.717) is 32.3 Å². The van der Waals surface area contributed by atoms with Gasteiger partial charge in [0.1, 0.15) is 5.75 Å². The molecular formula is C26H34O4. The first-order chi connectivity index (χ1) is 14.6. The van der Waals surface area contributed by atoms with Gasteiger partial charge in [-0.25, -0.2) is 0 Å². The van der Waals surface area contributed by atoms with Gasteiger partial charge in [0, 0.05) is 0 Å². The van der Waals surface area contributed by atoms with Crippen molar-refractivity contribution in [2.45, 2.75) is 64.4 Å². The molecule has 2 aromatic carbocycles. The molecule has 4 nitrogen and oxygen atoms in total. The predicted molar refractivity (Wildman–Crippen MR) is 119 cm³/mol. The minimum Gasteiger partial charge on any atom is -0.494 e. The van der Waals surface area contributed by atoms with Gasteiger partial charge in [0.15, 0.2) is 0 Å². The molecule has 0 aromatic heterocycles. The molecule has 30 heavy (non-hydrogen) atoms. The molecule has 2 aromatic rings. The highest BCUT2D eigenvalue weighted by atomic mass is 16.5. The van der Waals surface area contributed by atoms with Crippen LogP contribution < -0.4 is 4.74 Å². The third-order valence-electron chi connectivity index (χ3n) is 5.97. The van der Waals surface area contributed by atoms with Crippen molar-refractivity contribution < 1.29 is 19.4 Å². The van der Waals surface area contributed by atoms with E-state index in [1.807, 2.05) is 24.3 Å². The van der Waals surface area contributed by atoms with Crippen LogP contribution in [0, 0.1) is 5.92 Å². The van der Waals surface area contributed by atoms with Crippen molar-refractivity contribution in [3.8, 4) is 16.9 Å². The first kappa shape index (κ1) is 22.4. The average Bonchev–Trinajstić information content (AvgIpc) is 2.79. The van der Waals surface area contributed by atoms with Crippen molar-refractivity contribution in [2.75, 3.05) is 13.2 Å². The van der Waals surface area contributed by atoms with Gasteiger partial charge in [0.2, 0.25) is 0 Å². The average molecular weight is 411 g/mol. The van der Waals surface area contributed by atoms with Crippen molar-refractivity contribution in [3.63, 3.8) is 0 Å². The molecule has 0 saturated heterocycles. The Kier molecular flexibility index (Phi) is 7.92. The van der Waals surface area contributed by atoms with Crippen LogP contribution in [-0.4, -0.2) is 24.3 Å². The third-order valence-corrected chi connectivity index (χ3v) is 5.97. The lowest BCUT2D eigenvalue weighted by atomic mass is 9.75. The Morgan fingerprint density at radius 2 is 1.53 bits per heavy atom. The molecule has 1 fully saturated rings. The van der Waals surface area contributed by atoms with E-state index in [0.717, 1.165) is 48.3 Å². The summed E-state index contributed by atoms with van der Waals surface area (Å²) in [5.74, 6) is 0.693. The van der Waals surface area contributed by atoms with E-state index in [4.69, 9.17) is 9.47 Å². The second-order valence-corrected chi connectivity index (χ2v) is 8.28. The first-order valence-corrected chi connectivity index (χ1v) is 11.3. The van der Waals surface area contributed by atoms with Crippen molar-refractivity contribution >= 4 is 5.97 Å². The van der Waals surface area contributed by atoms with E-state index in [1.54, 1.807) is 0 Å². The minimum absolute atomic E-state index is 0.0881. The molecule has 0 aliphatic heterocycles. The molecule has 0 radical (unpaired) electrons. The van der Waals surface area contributed by atoms with Crippen LogP contribution in [0.5, 0.6) is 5.75 Å². The monoisotopic (exact) mass is 410 g/mol. The molecule has 0 spiro atoms.